The topological polar surface area (TPSA) is 238 Å². The highest BCUT2D eigenvalue weighted by molar-refractivity contribution is 7.79. The van der Waals surface area contributed by atoms with Gasteiger partial charge in [-0.2, -0.15) is 8.42 Å². The Morgan fingerprint density at radius 3 is 1.05 bits per heavy atom. The van der Waals surface area contributed by atoms with Gasteiger partial charge in [-0.15, -0.1) is 0 Å². The second-order valence-corrected chi connectivity index (χ2v) is 12.4. The van der Waals surface area contributed by atoms with Gasteiger partial charge in [0, 0.05) is 36.3 Å². The number of phenols is 4. The lowest BCUT2D eigenvalue weighted by atomic mass is 10.1. The highest BCUT2D eigenvalue weighted by Crippen LogP contribution is 2.26. The molecule has 0 aromatic heterocycles. The van der Waals surface area contributed by atoms with Gasteiger partial charge in [0.1, 0.15) is 23.0 Å². The van der Waals surface area contributed by atoms with Crippen LogP contribution in [0.3, 0.4) is 0 Å². The second kappa shape index (κ2) is 18.8. The lowest BCUT2D eigenvalue weighted by Crippen LogP contribution is -2.38. The van der Waals surface area contributed by atoms with Gasteiger partial charge in [-0.05, 0) is 76.9 Å². The smallest absolute Gasteiger partial charge is 0.394 e. The van der Waals surface area contributed by atoms with Crippen molar-refractivity contribution in [2.75, 3.05) is 39.5 Å². The standard InChI is InChI=1S/2C12H19NO3.C4H8O2.H2O4S/c2*1-12(2,3)13-7-11(16)8-4-9(14)6-10(15)5-8;1-2-6-4-3-5-1;1-5(2,3)4/h2*4-6,11,13-16H,7H2,1-3H3;1-4H2;(H2,1,2,3,4). The van der Waals surface area contributed by atoms with Gasteiger partial charge in [0.25, 0.3) is 0 Å². The van der Waals surface area contributed by atoms with Crippen LogP contribution < -0.4 is 10.6 Å². The quantitative estimate of drug-likeness (QED) is 0.205. The van der Waals surface area contributed by atoms with Crippen molar-refractivity contribution in [1.29, 1.82) is 0 Å². The van der Waals surface area contributed by atoms with Crippen LogP contribution in [0, 0.1) is 0 Å². The van der Waals surface area contributed by atoms with Crippen LogP contribution >= 0.6 is 0 Å². The van der Waals surface area contributed by atoms with Crippen LogP contribution in [0.4, 0.5) is 0 Å². The van der Waals surface area contributed by atoms with Gasteiger partial charge in [-0.3, -0.25) is 9.11 Å². The monoisotopic (exact) mass is 636 g/mol. The van der Waals surface area contributed by atoms with E-state index in [0.29, 0.717) is 24.2 Å². The van der Waals surface area contributed by atoms with E-state index in [4.69, 9.17) is 27.0 Å². The predicted octanol–water partition coefficient (Wildman–Crippen LogP) is 2.42. The Morgan fingerprint density at radius 2 is 0.860 bits per heavy atom. The third-order valence-corrected chi connectivity index (χ3v) is 5.01. The van der Waals surface area contributed by atoms with Crippen LogP contribution in [0.2, 0.25) is 0 Å². The average molecular weight is 637 g/mol. The number of phenolic OH excluding ortho intramolecular Hbond substituents is 4. The summed E-state index contributed by atoms with van der Waals surface area (Å²) in [7, 11) is -4.67. The molecule has 43 heavy (non-hydrogen) atoms. The van der Waals surface area contributed by atoms with Gasteiger partial charge >= 0.3 is 10.4 Å². The molecule has 2 aromatic rings. The third kappa shape index (κ3) is 24.4. The van der Waals surface area contributed by atoms with E-state index in [-0.39, 0.29) is 34.1 Å². The van der Waals surface area contributed by atoms with Crippen molar-refractivity contribution in [2.45, 2.75) is 64.8 Å². The zero-order chi connectivity index (χ0) is 33.4. The second-order valence-electron chi connectivity index (χ2n) is 11.5. The van der Waals surface area contributed by atoms with E-state index in [2.05, 4.69) is 10.6 Å². The summed E-state index contributed by atoms with van der Waals surface area (Å²) in [5.41, 5.74) is 0.822. The number of rotatable bonds is 6. The summed E-state index contributed by atoms with van der Waals surface area (Å²) in [6.07, 6.45) is -1.51. The van der Waals surface area contributed by atoms with Crippen molar-refractivity contribution >= 4 is 10.4 Å². The summed E-state index contributed by atoms with van der Waals surface area (Å²) in [4.78, 5) is 0. The first-order valence-corrected chi connectivity index (χ1v) is 14.7. The lowest BCUT2D eigenvalue weighted by Gasteiger charge is -2.23. The molecule has 248 valence electrons. The van der Waals surface area contributed by atoms with Crippen LogP contribution in [0.1, 0.15) is 64.9 Å². The summed E-state index contributed by atoms with van der Waals surface area (Å²) >= 11 is 0. The maximum absolute atomic E-state index is 9.85. The minimum absolute atomic E-state index is 0.0511. The Hall–Kier alpha value is -2.73. The summed E-state index contributed by atoms with van der Waals surface area (Å²) in [6.45, 7) is 15.8. The summed E-state index contributed by atoms with van der Waals surface area (Å²) in [5.74, 6) is -0.204. The molecular formula is C28H48N2O12S. The molecule has 0 amide bonds. The molecule has 15 heteroatoms. The fraction of sp³-hybridized carbons (Fsp3) is 0.571. The molecule has 14 nitrogen and oxygen atoms in total. The average Bonchev–Trinajstić information content (AvgIpc) is 2.84. The van der Waals surface area contributed by atoms with Crippen LogP contribution in [0.15, 0.2) is 36.4 Å². The molecular weight excluding hydrogens is 588 g/mol. The van der Waals surface area contributed by atoms with Gasteiger partial charge in [0.2, 0.25) is 0 Å². The molecule has 3 rings (SSSR count). The minimum atomic E-state index is -4.67. The molecule has 0 radical (unpaired) electrons. The largest absolute Gasteiger partial charge is 0.508 e. The van der Waals surface area contributed by atoms with Crippen molar-refractivity contribution in [2.24, 2.45) is 0 Å². The number of aromatic hydroxyl groups is 4. The van der Waals surface area contributed by atoms with Gasteiger partial charge in [-0.25, -0.2) is 0 Å². The SMILES string of the molecule is C1COCCO1.CC(C)(C)NCC(O)c1cc(O)cc(O)c1.CC(C)(C)NCC(O)c1cc(O)cc(O)c1.O=S(=O)(O)O. The summed E-state index contributed by atoms with van der Waals surface area (Å²) in [5, 5.41) is 63.1. The van der Waals surface area contributed by atoms with Gasteiger partial charge < -0.3 is 50.7 Å². The lowest BCUT2D eigenvalue weighted by molar-refractivity contribution is -0.0334. The maximum atomic E-state index is 9.85. The van der Waals surface area contributed by atoms with Crippen molar-refractivity contribution in [3.05, 3.63) is 47.5 Å². The maximum Gasteiger partial charge on any atom is 0.394 e. The highest BCUT2D eigenvalue weighted by atomic mass is 32.3. The molecule has 1 heterocycles. The zero-order valence-electron chi connectivity index (χ0n) is 25.5. The first kappa shape index (κ1) is 40.3. The Morgan fingerprint density at radius 1 is 0.628 bits per heavy atom. The van der Waals surface area contributed by atoms with Crippen LogP contribution in [-0.4, -0.2) is 98.8 Å². The minimum Gasteiger partial charge on any atom is -0.508 e. The third-order valence-electron chi connectivity index (χ3n) is 5.01. The Balaban J connectivity index is 0.000000610. The summed E-state index contributed by atoms with van der Waals surface area (Å²) < 4.78 is 41.5. The molecule has 0 bridgehead atoms. The number of aliphatic hydroxyl groups excluding tert-OH is 2. The Labute approximate surface area is 253 Å². The van der Waals surface area contributed by atoms with E-state index in [0.717, 1.165) is 26.4 Å². The fourth-order valence-electron chi connectivity index (χ4n) is 3.10. The van der Waals surface area contributed by atoms with Crippen molar-refractivity contribution < 1.29 is 57.6 Å². The van der Waals surface area contributed by atoms with Gasteiger partial charge in [0.05, 0.1) is 38.6 Å². The number of ether oxygens (including phenoxy) is 2. The molecule has 1 saturated heterocycles. The van der Waals surface area contributed by atoms with E-state index in [1.165, 1.54) is 36.4 Å². The van der Waals surface area contributed by atoms with Gasteiger partial charge in [-0.1, -0.05) is 0 Å². The molecule has 1 aliphatic heterocycles. The number of hydrogen-bond donors (Lipinski definition) is 10. The molecule has 0 spiro atoms. The van der Waals surface area contributed by atoms with E-state index in [9.17, 15) is 30.6 Å². The predicted molar refractivity (Wildman–Crippen MR) is 161 cm³/mol. The Bertz CT molecular complexity index is 1050. The van der Waals surface area contributed by atoms with E-state index < -0.39 is 22.6 Å². The Kier molecular flexibility index (Phi) is 17.6. The number of nitrogens with one attached hydrogen (secondary N) is 2. The van der Waals surface area contributed by atoms with Crippen LogP contribution in [-0.2, 0) is 19.9 Å². The number of aliphatic hydroxyl groups is 2. The van der Waals surface area contributed by atoms with Crippen LogP contribution in [0.25, 0.3) is 0 Å². The van der Waals surface area contributed by atoms with Gasteiger partial charge in [0.15, 0.2) is 0 Å². The molecule has 0 aliphatic carbocycles. The van der Waals surface area contributed by atoms with Crippen molar-refractivity contribution in [1.82, 2.24) is 10.6 Å². The fourth-order valence-corrected chi connectivity index (χ4v) is 3.10. The molecule has 10 N–H and O–H groups in total. The first-order valence-electron chi connectivity index (χ1n) is 13.3. The molecule has 2 atom stereocenters. The highest BCUT2D eigenvalue weighted by Gasteiger charge is 2.15. The normalized spacial score (nSPS) is 14.9. The van der Waals surface area contributed by atoms with E-state index >= 15 is 0 Å². The first-order chi connectivity index (χ1) is 19.6. The summed E-state index contributed by atoms with van der Waals surface area (Å²) in [6, 6.07) is 8.22. The van der Waals surface area contributed by atoms with E-state index in [1.807, 2.05) is 41.5 Å². The molecule has 2 unspecified atom stereocenters. The van der Waals surface area contributed by atoms with E-state index in [1.54, 1.807) is 0 Å². The number of benzene rings is 2. The molecule has 2 aromatic carbocycles. The van der Waals surface area contributed by atoms with Crippen LogP contribution in [0.5, 0.6) is 23.0 Å². The van der Waals surface area contributed by atoms with Crippen molar-refractivity contribution in [3.8, 4) is 23.0 Å². The van der Waals surface area contributed by atoms with Crippen molar-refractivity contribution in [3.63, 3.8) is 0 Å². The molecule has 1 aliphatic rings. The molecule has 0 saturated carbocycles. The molecule has 1 fully saturated rings. The number of β-amino-alcohol motifs (C(OH)–C–C–N with tert-alkyl or cyclic N) is 2. The zero-order valence-corrected chi connectivity index (χ0v) is 26.3. The number of hydrogen-bond acceptors (Lipinski definition) is 12.